The molecule has 0 saturated heterocycles. The van der Waals surface area contributed by atoms with Crippen molar-refractivity contribution in [2.24, 2.45) is 0 Å². The second-order valence-electron chi connectivity index (χ2n) is 3.19. The van der Waals surface area contributed by atoms with Crippen LogP contribution in [0.5, 0.6) is 0 Å². The minimum Gasteiger partial charge on any atom is -0.468 e. The minimum absolute atomic E-state index is 0.383. The van der Waals surface area contributed by atoms with E-state index in [-0.39, 0.29) is 5.97 Å². The Labute approximate surface area is 79.5 Å². The lowest BCUT2D eigenvalue weighted by Gasteiger charge is -2.27. The Morgan fingerprint density at radius 2 is 2.15 bits per heavy atom. The monoisotopic (exact) mass is 189 g/mol. The van der Waals surface area contributed by atoms with Crippen LogP contribution in [0.3, 0.4) is 0 Å². The molecule has 0 rings (SSSR count). The zero-order valence-corrected chi connectivity index (χ0v) is 8.78. The topological polar surface area (TPSA) is 49.8 Å². The summed E-state index contributed by atoms with van der Waals surface area (Å²) in [5, 5.41) is 9.37. The maximum Gasteiger partial charge on any atom is 0.325 e. The van der Waals surface area contributed by atoms with Crippen LogP contribution in [0, 0.1) is 0 Å². The maximum atomic E-state index is 11.2. The van der Waals surface area contributed by atoms with Gasteiger partial charge in [-0.25, -0.2) is 0 Å². The predicted molar refractivity (Wildman–Crippen MR) is 50.4 cm³/mol. The van der Waals surface area contributed by atoms with Crippen molar-refractivity contribution < 1.29 is 14.6 Å². The summed E-state index contributed by atoms with van der Waals surface area (Å²) in [4.78, 5) is 13.0. The van der Waals surface area contributed by atoms with Crippen molar-refractivity contribution in [3.63, 3.8) is 0 Å². The first-order valence-corrected chi connectivity index (χ1v) is 4.50. The molecule has 4 nitrogen and oxygen atoms in total. The van der Waals surface area contributed by atoms with Crippen molar-refractivity contribution in [3.05, 3.63) is 0 Å². The molecule has 78 valence electrons. The molecule has 0 spiro atoms. The largest absolute Gasteiger partial charge is 0.468 e. The molecule has 2 atom stereocenters. The van der Waals surface area contributed by atoms with Crippen LogP contribution in [0.1, 0.15) is 20.3 Å². The molecular formula is C9H19NO3. The average molecular weight is 189 g/mol. The lowest BCUT2D eigenvalue weighted by Crippen LogP contribution is -2.46. The highest BCUT2D eigenvalue weighted by molar-refractivity contribution is 5.76. The fourth-order valence-electron chi connectivity index (χ4n) is 1.36. The number of likely N-dealkylation sites (N-methyl/N-ethyl adjacent to an activating group) is 1. The fourth-order valence-corrected chi connectivity index (χ4v) is 1.36. The van der Waals surface area contributed by atoms with Crippen LogP contribution < -0.4 is 0 Å². The quantitative estimate of drug-likeness (QED) is 0.630. The lowest BCUT2D eigenvalue weighted by molar-refractivity contribution is -0.150. The zero-order chi connectivity index (χ0) is 10.4. The van der Waals surface area contributed by atoms with Gasteiger partial charge in [-0.05, 0) is 26.9 Å². The van der Waals surface area contributed by atoms with E-state index in [1.807, 2.05) is 6.92 Å². The molecule has 0 aliphatic heterocycles. The van der Waals surface area contributed by atoms with Crippen LogP contribution in [-0.2, 0) is 9.53 Å². The summed E-state index contributed by atoms with van der Waals surface area (Å²) in [6.45, 7) is 4.38. The number of hydrogen-bond acceptors (Lipinski definition) is 4. The van der Waals surface area contributed by atoms with Gasteiger partial charge in [-0.1, -0.05) is 6.92 Å². The average Bonchev–Trinajstić information content (AvgIpc) is 2.04. The van der Waals surface area contributed by atoms with E-state index in [1.54, 1.807) is 18.9 Å². The van der Waals surface area contributed by atoms with Crippen molar-refractivity contribution >= 4 is 5.97 Å². The van der Waals surface area contributed by atoms with Gasteiger partial charge in [0.1, 0.15) is 6.04 Å². The van der Waals surface area contributed by atoms with E-state index < -0.39 is 12.1 Å². The predicted octanol–water partition coefficient (Wildman–Crippen LogP) is 0.251. The molecule has 0 fully saturated rings. The molecule has 0 aliphatic rings. The van der Waals surface area contributed by atoms with Crippen molar-refractivity contribution in [2.45, 2.75) is 32.4 Å². The number of methoxy groups -OCH3 is 1. The third-order valence-electron chi connectivity index (χ3n) is 1.95. The number of rotatable bonds is 5. The van der Waals surface area contributed by atoms with Crippen LogP contribution in [-0.4, -0.2) is 48.8 Å². The summed E-state index contributed by atoms with van der Waals surface area (Å²) in [6, 6.07) is -0.551. The Kier molecular flexibility index (Phi) is 5.66. The first-order chi connectivity index (χ1) is 6.04. The van der Waals surface area contributed by atoms with E-state index in [0.29, 0.717) is 0 Å². The van der Waals surface area contributed by atoms with E-state index >= 15 is 0 Å². The molecule has 0 heterocycles. The summed E-state index contributed by atoms with van der Waals surface area (Å²) in [7, 11) is 3.13. The van der Waals surface area contributed by atoms with Crippen LogP contribution >= 0.6 is 0 Å². The minimum atomic E-state index is -0.705. The molecule has 0 amide bonds. The van der Waals surface area contributed by atoms with Gasteiger partial charge in [-0.2, -0.15) is 0 Å². The van der Waals surface area contributed by atoms with E-state index in [9.17, 15) is 9.90 Å². The van der Waals surface area contributed by atoms with Crippen molar-refractivity contribution in [1.29, 1.82) is 0 Å². The molecular weight excluding hydrogens is 170 g/mol. The van der Waals surface area contributed by atoms with Crippen LogP contribution in [0.4, 0.5) is 0 Å². The highest BCUT2D eigenvalue weighted by atomic mass is 16.5. The number of carbonyl (C=O) groups is 1. The molecule has 13 heavy (non-hydrogen) atoms. The first kappa shape index (κ1) is 12.4. The first-order valence-electron chi connectivity index (χ1n) is 4.50. The third-order valence-corrected chi connectivity index (χ3v) is 1.95. The van der Waals surface area contributed by atoms with Gasteiger partial charge in [0.15, 0.2) is 0 Å². The van der Waals surface area contributed by atoms with Crippen molar-refractivity contribution in [1.82, 2.24) is 4.90 Å². The molecule has 0 aromatic carbocycles. The molecule has 0 aliphatic carbocycles. The zero-order valence-electron chi connectivity index (χ0n) is 8.78. The van der Waals surface area contributed by atoms with Gasteiger partial charge >= 0.3 is 5.97 Å². The second kappa shape index (κ2) is 5.94. The molecule has 0 unspecified atom stereocenters. The molecule has 0 bridgehead atoms. The molecule has 0 aromatic rings. The number of esters is 1. The van der Waals surface area contributed by atoms with Crippen molar-refractivity contribution in [2.75, 3.05) is 20.7 Å². The highest BCUT2D eigenvalue weighted by Crippen LogP contribution is 2.05. The Morgan fingerprint density at radius 1 is 1.62 bits per heavy atom. The fraction of sp³-hybridized carbons (Fsp3) is 0.889. The molecule has 0 radical (unpaired) electrons. The maximum absolute atomic E-state index is 11.2. The second-order valence-corrected chi connectivity index (χ2v) is 3.19. The van der Waals surface area contributed by atoms with Crippen LogP contribution in [0.2, 0.25) is 0 Å². The molecule has 4 heteroatoms. The summed E-state index contributed by atoms with van der Waals surface area (Å²) in [5.74, 6) is -0.383. The summed E-state index contributed by atoms with van der Waals surface area (Å²) < 4.78 is 4.60. The lowest BCUT2D eigenvalue weighted by atomic mass is 10.1. The number of carbonyl (C=O) groups excluding carboxylic acids is 1. The van der Waals surface area contributed by atoms with Gasteiger partial charge in [0.25, 0.3) is 0 Å². The van der Waals surface area contributed by atoms with Gasteiger partial charge in [-0.15, -0.1) is 0 Å². The van der Waals surface area contributed by atoms with E-state index in [4.69, 9.17) is 0 Å². The Balaban J connectivity index is 4.32. The Bertz CT molecular complexity index is 159. The molecule has 1 N–H and O–H groups in total. The molecule has 0 saturated carbocycles. The summed E-state index contributed by atoms with van der Waals surface area (Å²) >= 11 is 0. The summed E-state index contributed by atoms with van der Waals surface area (Å²) in [6.07, 6.45) is 0.237. The van der Waals surface area contributed by atoms with E-state index in [0.717, 1.165) is 13.0 Å². The van der Waals surface area contributed by atoms with Gasteiger partial charge in [0, 0.05) is 0 Å². The smallest absolute Gasteiger partial charge is 0.325 e. The summed E-state index contributed by atoms with van der Waals surface area (Å²) in [5.41, 5.74) is 0. The molecule has 0 aromatic heterocycles. The Morgan fingerprint density at radius 3 is 2.46 bits per heavy atom. The van der Waals surface area contributed by atoms with Gasteiger partial charge in [-0.3, -0.25) is 9.69 Å². The number of ether oxygens (including phenoxy) is 1. The normalized spacial score (nSPS) is 15.5. The van der Waals surface area contributed by atoms with E-state index in [1.165, 1.54) is 7.11 Å². The number of nitrogens with zero attached hydrogens (tertiary/aromatic N) is 1. The van der Waals surface area contributed by atoms with Gasteiger partial charge in [0.05, 0.1) is 13.2 Å². The van der Waals surface area contributed by atoms with E-state index in [2.05, 4.69) is 4.74 Å². The number of hydrogen-bond donors (Lipinski definition) is 1. The SMILES string of the molecule is CCCN(C)[C@H](C(=O)OC)[C@@H](C)O. The Hall–Kier alpha value is -0.610. The van der Waals surface area contributed by atoms with Gasteiger partial charge < -0.3 is 9.84 Å². The van der Waals surface area contributed by atoms with Crippen molar-refractivity contribution in [3.8, 4) is 0 Å². The van der Waals surface area contributed by atoms with Crippen LogP contribution in [0.25, 0.3) is 0 Å². The number of aliphatic hydroxyl groups excluding tert-OH is 1. The highest BCUT2D eigenvalue weighted by Gasteiger charge is 2.27. The standard InChI is InChI=1S/C9H19NO3/c1-5-6-10(3)8(7(2)11)9(12)13-4/h7-8,11H,5-6H2,1-4H3/t7-,8+/m1/s1. The van der Waals surface area contributed by atoms with Gasteiger partial charge in [0.2, 0.25) is 0 Å². The van der Waals surface area contributed by atoms with Crippen LogP contribution in [0.15, 0.2) is 0 Å². The number of aliphatic hydroxyl groups is 1. The third kappa shape index (κ3) is 3.74.